The minimum atomic E-state index is -0.903. The van der Waals surface area contributed by atoms with Gasteiger partial charge in [-0.15, -0.1) is 0 Å². The van der Waals surface area contributed by atoms with Crippen LogP contribution in [0.15, 0.2) is 71.2 Å². The van der Waals surface area contributed by atoms with E-state index < -0.39 is 5.41 Å². The topological polar surface area (TPSA) is 46.3 Å². The fourth-order valence-electron chi connectivity index (χ4n) is 3.98. The van der Waals surface area contributed by atoms with Gasteiger partial charge in [-0.1, -0.05) is 75.6 Å². The van der Waals surface area contributed by atoms with Gasteiger partial charge in [-0.2, -0.15) is 0 Å². The molecular weight excluding hydrogens is 400 g/mol. The van der Waals surface area contributed by atoms with Crippen LogP contribution < -0.4 is 10.6 Å². The summed E-state index contributed by atoms with van der Waals surface area (Å²) >= 11 is 3.59. The molecule has 0 aromatic heterocycles. The molecule has 0 aliphatic carbocycles. The zero-order chi connectivity index (χ0) is 19.2. The van der Waals surface area contributed by atoms with E-state index in [1.165, 1.54) is 0 Å². The van der Waals surface area contributed by atoms with E-state index in [2.05, 4.69) is 78.3 Å². The van der Waals surface area contributed by atoms with E-state index in [-0.39, 0.29) is 12.6 Å². The summed E-state index contributed by atoms with van der Waals surface area (Å²) in [6, 6.07) is 22.4. The molecule has 0 unspecified atom stereocenters. The number of amides is 1. The van der Waals surface area contributed by atoms with Gasteiger partial charge < -0.3 is 5.73 Å². The first-order chi connectivity index (χ1) is 13.0. The minimum absolute atomic E-state index is 0.00851. The fraction of sp³-hybridized carbons (Fsp3) is 0.174. The van der Waals surface area contributed by atoms with Gasteiger partial charge in [0, 0.05) is 10.0 Å². The molecular formula is C23H21BrN2O. The van der Waals surface area contributed by atoms with Crippen LogP contribution in [-0.4, -0.2) is 12.6 Å². The van der Waals surface area contributed by atoms with E-state index in [0.29, 0.717) is 0 Å². The van der Waals surface area contributed by atoms with E-state index in [4.69, 9.17) is 5.73 Å². The van der Waals surface area contributed by atoms with Crippen LogP contribution >= 0.6 is 15.9 Å². The molecule has 0 spiro atoms. The van der Waals surface area contributed by atoms with Crippen LogP contribution in [0.3, 0.4) is 0 Å². The average molecular weight is 421 g/mol. The monoisotopic (exact) mass is 420 g/mol. The van der Waals surface area contributed by atoms with Crippen molar-refractivity contribution in [1.82, 2.24) is 0 Å². The van der Waals surface area contributed by atoms with E-state index in [0.717, 1.165) is 38.0 Å². The maximum Gasteiger partial charge on any atom is 0.247 e. The minimum Gasteiger partial charge on any atom is -0.313 e. The van der Waals surface area contributed by atoms with Gasteiger partial charge in [0.25, 0.3) is 0 Å². The summed E-state index contributed by atoms with van der Waals surface area (Å²) in [6.45, 7) is 4.25. The third-order valence-electron chi connectivity index (χ3n) is 5.37. The van der Waals surface area contributed by atoms with Crippen LogP contribution in [-0.2, 0) is 10.2 Å². The predicted molar refractivity (Wildman–Crippen MR) is 113 cm³/mol. The molecule has 0 fully saturated rings. The van der Waals surface area contributed by atoms with Crippen molar-refractivity contribution in [2.45, 2.75) is 19.3 Å². The van der Waals surface area contributed by atoms with Gasteiger partial charge in [0.2, 0.25) is 5.91 Å². The number of carbonyl (C=O) groups excluding carboxylic acids is 1. The van der Waals surface area contributed by atoms with E-state index in [1.807, 2.05) is 18.2 Å². The Kier molecular flexibility index (Phi) is 4.41. The lowest BCUT2D eigenvalue weighted by Gasteiger charge is -2.30. The molecule has 0 saturated heterocycles. The quantitative estimate of drug-likeness (QED) is 0.669. The van der Waals surface area contributed by atoms with Gasteiger partial charge in [0.05, 0.1) is 12.4 Å². The lowest BCUT2D eigenvalue weighted by molar-refractivity contribution is -0.120. The van der Waals surface area contributed by atoms with Gasteiger partial charge >= 0.3 is 0 Å². The Balaban J connectivity index is 2.10. The van der Waals surface area contributed by atoms with Crippen LogP contribution in [0.25, 0.3) is 0 Å². The van der Waals surface area contributed by atoms with Gasteiger partial charge in [-0.25, -0.2) is 0 Å². The molecule has 4 heteroatoms. The normalized spacial score (nSPS) is 15.1. The van der Waals surface area contributed by atoms with Crippen LogP contribution in [0.5, 0.6) is 0 Å². The Hall–Kier alpha value is -2.43. The molecule has 1 amide bonds. The summed E-state index contributed by atoms with van der Waals surface area (Å²) in [7, 11) is 0. The van der Waals surface area contributed by atoms with Crippen LogP contribution in [0.2, 0.25) is 0 Å². The molecule has 0 radical (unpaired) electrons. The number of nitrogens with zero attached hydrogens (tertiary/aromatic N) is 1. The van der Waals surface area contributed by atoms with Crippen molar-refractivity contribution in [2.75, 3.05) is 11.6 Å². The summed E-state index contributed by atoms with van der Waals surface area (Å²) in [5.74, 6) is -0.00851. The Bertz CT molecular complexity index is 964. The van der Waals surface area contributed by atoms with Crippen LogP contribution in [0.1, 0.15) is 27.8 Å². The lowest BCUT2D eigenvalue weighted by Crippen LogP contribution is -2.44. The summed E-state index contributed by atoms with van der Waals surface area (Å²) in [5.41, 5.74) is 11.2. The van der Waals surface area contributed by atoms with Crippen molar-refractivity contribution in [3.63, 3.8) is 0 Å². The molecule has 27 heavy (non-hydrogen) atoms. The maximum absolute atomic E-state index is 13.8. The summed E-state index contributed by atoms with van der Waals surface area (Å²) in [4.78, 5) is 15.5. The number of hydrogen-bond donors (Lipinski definition) is 1. The molecule has 136 valence electrons. The van der Waals surface area contributed by atoms with Crippen molar-refractivity contribution in [3.8, 4) is 0 Å². The highest BCUT2D eigenvalue weighted by Crippen LogP contribution is 2.50. The Morgan fingerprint density at radius 2 is 1.41 bits per heavy atom. The molecule has 3 nitrogen and oxygen atoms in total. The first-order valence-electron chi connectivity index (χ1n) is 8.95. The molecule has 3 aromatic rings. The van der Waals surface area contributed by atoms with E-state index >= 15 is 0 Å². The van der Waals surface area contributed by atoms with Gasteiger partial charge in [-0.05, 0) is 43.2 Å². The number of rotatable bonds is 3. The number of carbonyl (C=O) groups is 1. The number of halogens is 1. The SMILES string of the molecule is Cc1ccc(C2(c3ccc(C)cc3)C(=O)N(CN)c3ccc(Br)cc32)cc1. The maximum atomic E-state index is 13.8. The zero-order valence-corrected chi connectivity index (χ0v) is 17.0. The lowest BCUT2D eigenvalue weighted by atomic mass is 9.70. The fourth-order valence-corrected chi connectivity index (χ4v) is 4.35. The second-order valence-corrected chi connectivity index (χ2v) is 7.97. The average Bonchev–Trinajstić information content (AvgIpc) is 2.91. The molecule has 1 aliphatic rings. The van der Waals surface area contributed by atoms with E-state index in [9.17, 15) is 4.79 Å². The van der Waals surface area contributed by atoms with Gasteiger partial charge in [0.1, 0.15) is 5.41 Å². The number of fused-ring (bicyclic) bond motifs is 1. The second kappa shape index (κ2) is 6.63. The largest absolute Gasteiger partial charge is 0.313 e. The molecule has 0 bridgehead atoms. The number of hydrogen-bond acceptors (Lipinski definition) is 2. The number of aryl methyl sites for hydroxylation is 2. The van der Waals surface area contributed by atoms with Crippen molar-refractivity contribution < 1.29 is 4.79 Å². The molecule has 0 atom stereocenters. The van der Waals surface area contributed by atoms with Crippen LogP contribution in [0, 0.1) is 13.8 Å². The summed E-state index contributed by atoms with van der Waals surface area (Å²) < 4.78 is 0.941. The second-order valence-electron chi connectivity index (χ2n) is 7.06. The molecule has 4 rings (SSSR count). The highest BCUT2D eigenvalue weighted by molar-refractivity contribution is 9.10. The number of anilines is 1. The Morgan fingerprint density at radius 3 is 1.89 bits per heavy atom. The van der Waals surface area contributed by atoms with E-state index in [1.54, 1.807) is 4.90 Å². The third-order valence-corrected chi connectivity index (χ3v) is 5.86. The smallest absolute Gasteiger partial charge is 0.247 e. The highest BCUT2D eigenvalue weighted by Gasteiger charge is 2.53. The zero-order valence-electron chi connectivity index (χ0n) is 15.4. The van der Waals surface area contributed by atoms with Crippen molar-refractivity contribution in [3.05, 3.63) is 99.0 Å². The molecule has 1 heterocycles. The standard InChI is InChI=1S/C23H21BrN2O/c1-15-3-7-17(8-4-15)23(18-9-5-16(2)6-10-18)20-13-19(24)11-12-21(20)26(14-25)22(23)27/h3-13H,14,25H2,1-2H3. The Morgan fingerprint density at radius 1 is 0.889 bits per heavy atom. The molecule has 0 saturated carbocycles. The van der Waals surface area contributed by atoms with Crippen LogP contribution in [0.4, 0.5) is 5.69 Å². The number of benzene rings is 3. The molecule has 1 aliphatic heterocycles. The predicted octanol–water partition coefficient (Wildman–Crippen LogP) is 4.66. The van der Waals surface area contributed by atoms with Gasteiger partial charge in [-0.3, -0.25) is 9.69 Å². The van der Waals surface area contributed by atoms with Crippen molar-refractivity contribution in [1.29, 1.82) is 0 Å². The first kappa shape index (κ1) is 18.0. The molecule has 3 aromatic carbocycles. The third kappa shape index (κ3) is 2.63. The van der Waals surface area contributed by atoms with Crippen molar-refractivity contribution in [2.24, 2.45) is 5.73 Å². The molecule has 2 N–H and O–H groups in total. The Labute approximate surface area is 167 Å². The number of nitrogens with two attached hydrogens (primary N) is 1. The van der Waals surface area contributed by atoms with Crippen molar-refractivity contribution >= 4 is 27.5 Å². The first-order valence-corrected chi connectivity index (χ1v) is 9.74. The summed E-state index contributed by atoms with van der Waals surface area (Å²) in [5, 5.41) is 0. The summed E-state index contributed by atoms with van der Waals surface area (Å²) in [6.07, 6.45) is 0. The van der Waals surface area contributed by atoms with Gasteiger partial charge in [0.15, 0.2) is 0 Å². The highest BCUT2D eigenvalue weighted by atomic mass is 79.9.